The smallest absolute Gasteiger partial charge is 0.340 e. The summed E-state index contributed by atoms with van der Waals surface area (Å²) in [5, 5.41) is 0.948. The molecule has 3 nitrogen and oxygen atoms in total. The Morgan fingerprint density at radius 1 is 1.29 bits per heavy atom. The molecule has 1 aromatic carbocycles. The molecule has 0 saturated carbocycles. The molecule has 0 unspecified atom stereocenters. The van der Waals surface area contributed by atoms with Gasteiger partial charge < -0.3 is 9.72 Å². The first kappa shape index (κ1) is 11.7. The van der Waals surface area contributed by atoms with E-state index in [1.54, 1.807) is 0 Å². The summed E-state index contributed by atoms with van der Waals surface area (Å²) in [7, 11) is 0. The third-order valence-electron chi connectivity index (χ3n) is 3.17. The third kappa shape index (κ3) is 1.82. The summed E-state index contributed by atoms with van der Waals surface area (Å²) >= 11 is 0. The molecule has 1 aromatic heterocycles. The van der Waals surface area contributed by atoms with Crippen molar-refractivity contribution in [2.75, 3.05) is 6.61 Å². The molecule has 2 rings (SSSR count). The first-order chi connectivity index (χ1) is 8.06. The van der Waals surface area contributed by atoms with Gasteiger partial charge in [-0.15, -0.1) is 0 Å². The summed E-state index contributed by atoms with van der Waals surface area (Å²) < 4.78 is 5.09. The monoisotopic (exact) mass is 231 g/mol. The lowest BCUT2D eigenvalue weighted by atomic mass is 10.0. The van der Waals surface area contributed by atoms with E-state index in [0.29, 0.717) is 12.2 Å². The van der Waals surface area contributed by atoms with Crippen LogP contribution in [0.4, 0.5) is 0 Å². The number of carbonyl (C=O) groups is 1. The average molecular weight is 231 g/mol. The van der Waals surface area contributed by atoms with E-state index in [4.69, 9.17) is 4.74 Å². The van der Waals surface area contributed by atoms with E-state index >= 15 is 0 Å². The van der Waals surface area contributed by atoms with Crippen molar-refractivity contribution >= 4 is 16.9 Å². The first-order valence-electron chi connectivity index (χ1n) is 5.81. The molecule has 0 bridgehead atoms. The van der Waals surface area contributed by atoms with Gasteiger partial charge in [0, 0.05) is 16.6 Å². The second-order valence-corrected chi connectivity index (χ2v) is 4.28. The molecule has 3 heteroatoms. The fraction of sp³-hybridized carbons (Fsp3) is 0.357. The van der Waals surface area contributed by atoms with Gasteiger partial charge in [0.1, 0.15) is 0 Å². The molecule has 90 valence electrons. The van der Waals surface area contributed by atoms with Crippen LogP contribution >= 0.6 is 0 Å². The van der Waals surface area contributed by atoms with Crippen molar-refractivity contribution in [1.29, 1.82) is 0 Å². The number of carbonyl (C=O) groups excluding carboxylic acids is 1. The summed E-state index contributed by atoms with van der Waals surface area (Å²) in [6.45, 7) is 8.24. The Morgan fingerprint density at radius 3 is 2.65 bits per heavy atom. The average Bonchev–Trinajstić information content (AvgIpc) is 2.61. The maximum absolute atomic E-state index is 11.9. The topological polar surface area (TPSA) is 42.1 Å². The van der Waals surface area contributed by atoms with Crippen LogP contribution in [0, 0.1) is 20.8 Å². The Bertz CT molecular complexity index is 581. The van der Waals surface area contributed by atoms with Gasteiger partial charge in [-0.2, -0.15) is 0 Å². The van der Waals surface area contributed by atoms with Gasteiger partial charge in [-0.25, -0.2) is 4.79 Å². The van der Waals surface area contributed by atoms with Crippen LogP contribution in [0.5, 0.6) is 0 Å². The number of fused-ring (bicyclic) bond motifs is 1. The van der Waals surface area contributed by atoms with E-state index in [1.807, 2.05) is 26.0 Å². The summed E-state index contributed by atoms with van der Waals surface area (Å²) in [5.41, 5.74) is 4.96. The maximum Gasteiger partial charge on any atom is 0.340 e. The molecule has 0 aliphatic carbocycles. The molecule has 0 spiro atoms. The van der Waals surface area contributed by atoms with Gasteiger partial charge >= 0.3 is 5.97 Å². The molecule has 0 fully saturated rings. The highest BCUT2D eigenvalue weighted by Gasteiger charge is 2.18. The number of aromatic nitrogens is 1. The molecule has 1 N–H and O–H groups in total. The van der Waals surface area contributed by atoms with Crippen LogP contribution in [0.2, 0.25) is 0 Å². The van der Waals surface area contributed by atoms with Crippen LogP contribution in [0.3, 0.4) is 0 Å². The zero-order chi connectivity index (χ0) is 12.6. The van der Waals surface area contributed by atoms with E-state index in [9.17, 15) is 4.79 Å². The van der Waals surface area contributed by atoms with Crippen molar-refractivity contribution < 1.29 is 9.53 Å². The Morgan fingerprint density at radius 2 is 2.00 bits per heavy atom. The first-order valence-corrected chi connectivity index (χ1v) is 5.81. The fourth-order valence-corrected chi connectivity index (χ4v) is 2.10. The SMILES string of the molecule is CCOC(=O)c1c(C)[nH]c2c(C)c(C)ccc12. The predicted octanol–water partition coefficient (Wildman–Crippen LogP) is 3.27. The summed E-state index contributed by atoms with van der Waals surface area (Å²) in [6.07, 6.45) is 0. The van der Waals surface area contributed by atoms with Gasteiger partial charge in [-0.05, 0) is 38.8 Å². The van der Waals surface area contributed by atoms with E-state index in [-0.39, 0.29) is 5.97 Å². The highest BCUT2D eigenvalue weighted by molar-refractivity contribution is 6.06. The molecule has 0 radical (unpaired) electrons. The minimum absolute atomic E-state index is 0.250. The number of nitrogens with one attached hydrogen (secondary N) is 1. The zero-order valence-electron chi connectivity index (χ0n) is 10.7. The molecule has 0 aliphatic rings. The van der Waals surface area contributed by atoms with E-state index in [2.05, 4.69) is 18.8 Å². The van der Waals surface area contributed by atoms with Crippen LogP contribution in [0.25, 0.3) is 10.9 Å². The number of rotatable bonds is 2. The van der Waals surface area contributed by atoms with E-state index in [1.165, 1.54) is 11.1 Å². The number of aryl methyl sites for hydroxylation is 3. The van der Waals surface area contributed by atoms with Crippen LogP contribution in [0.15, 0.2) is 12.1 Å². The summed E-state index contributed by atoms with van der Waals surface area (Å²) in [5.74, 6) is -0.250. The van der Waals surface area contributed by atoms with Gasteiger partial charge in [-0.1, -0.05) is 12.1 Å². The van der Waals surface area contributed by atoms with E-state index < -0.39 is 0 Å². The van der Waals surface area contributed by atoms with Crippen LogP contribution < -0.4 is 0 Å². The zero-order valence-corrected chi connectivity index (χ0v) is 10.7. The minimum Gasteiger partial charge on any atom is -0.462 e. The van der Waals surface area contributed by atoms with Gasteiger partial charge in [0.05, 0.1) is 12.2 Å². The highest BCUT2D eigenvalue weighted by Crippen LogP contribution is 2.27. The Balaban J connectivity index is 2.69. The minimum atomic E-state index is -0.250. The molecule has 0 amide bonds. The molecule has 0 saturated heterocycles. The standard InChI is InChI=1S/C14H17NO2/c1-5-17-14(16)12-10(4)15-13-9(3)8(2)6-7-11(12)13/h6-7,15H,5H2,1-4H3. The predicted molar refractivity (Wildman–Crippen MR) is 68.5 cm³/mol. The highest BCUT2D eigenvalue weighted by atomic mass is 16.5. The van der Waals surface area contributed by atoms with Crippen molar-refractivity contribution in [2.45, 2.75) is 27.7 Å². The molecule has 0 aliphatic heterocycles. The number of esters is 1. The Kier molecular flexibility index (Phi) is 2.92. The lowest BCUT2D eigenvalue weighted by Gasteiger charge is -2.03. The maximum atomic E-state index is 11.9. The number of hydrogen-bond donors (Lipinski definition) is 1. The molecule has 1 heterocycles. The number of ether oxygens (including phenoxy) is 1. The number of hydrogen-bond acceptors (Lipinski definition) is 2. The summed E-state index contributed by atoms with van der Waals surface area (Å²) in [4.78, 5) is 15.2. The fourth-order valence-electron chi connectivity index (χ4n) is 2.10. The van der Waals surface area contributed by atoms with Gasteiger partial charge in [0.25, 0.3) is 0 Å². The van der Waals surface area contributed by atoms with Crippen molar-refractivity contribution in [3.05, 3.63) is 34.5 Å². The lowest BCUT2D eigenvalue weighted by Crippen LogP contribution is -2.05. The van der Waals surface area contributed by atoms with Gasteiger partial charge in [0.2, 0.25) is 0 Å². The molecule has 0 atom stereocenters. The van der Waals surface area contributed by atoms with Crippen LogP contribution in [0.1, 0.15) is 34.1 Å². The number of H-pyrrole nitrogens is 1. The van der Waals surface area contributed by atoms with Gasteiger partial charge in [0.15, 0.2) is 0 Å². The van der Waals surface area contributed by atoms with Crippen LogP contribution in [-0.4, -0.2) is 17.6 Å². The molecule has 17 heavy (non-hydrogen) atoms. The van der Waals surface area contributed by atoms with Crippen molar-refractivity contribution in [1.82, 2.24) is 4.98 Å². The second kappa shape index (κ2) is 4.24. The molecule has 2 aromatic rings. The van der Waals surface area contributed by atoms with Crippen molar-refractivity contribution in [3.63, 3.8) is 0 Å². The van der Waals surface area contributed by atoms with Crippen molar-refractivity contribution in [2.24, 2.45) is 0 Å². The Labute approximate surface area is 101 Å². The largest absolute Gasteiger partial charge is 0.462 e. The normalized spacial score (nSPS) is 10.8. The summed E-state index contributed by atoms with van der Waals surface area (Å²) in [6, 6.07) is 4.01. The molecular weight excluding hydrogens is 214 g/mol. The van der Waals surface area contributed by atoms with Crippen LogP contribution in [-0.2, 0) is 4.74 Å². The second-order valence-electron chi connectivity index (χ2n) is 4.28. The van der Waals surface area contributed by atoms with E-state index in [0.717, 1.165) is 16.6 Å². The number of aromatic amines is 1. The molecular formula is C14H17NO2. The van der Waals surface area contributed by atoms with Gasteiger partial charge in [-0.3, -0.25) is 0 Å². The van der Waals surface area contributed by atoms with Crippen molar-refractivity contribution in [3.8, 4) is 0 Å². The quantitative estimate of drug-likeness (QED) is 0.806. The lowest BCUT2D eigenvalue weighted by molar-refractivity contribution is 0.0528. The number of benzene rings is 1. The third-order valence-corrected chi connectivity index (χ3v) is 3.17. The Hall–Kier alpha value is -1.77.